The van der Waals surface area contributed by atoms with Crippen molar-refractivity contribution in [2.75, 3.05) is 6.54 Å². The summed E-state index contributed by atoms with van der Waals surface area (Å²) < 4.78 is 0. The van der Waals surface area contributed by atoms with Crippen LogP contribution in [0.5, 0.6) is 0 Å². The maximum absolute atomic E-state index is 4.03. The molecular weight excluding hydrogens is 400 g/mol. The maximum Gasteiger partial charge on any atom is 0.0166 e. The van der Waals surface area contributed by atoms with Gasteiger partial charge in [0.25, 0.3) is 0 Å². The van der Waals surface area contributed by atoms with Crippen LogP contribution in [0.15, 0.2) is 0 Å². The van der Waals surface area contributed by atoms with E-state index in [4.69, 9.17) is 0 Å². The summed E-state index contributed by atoms with van der Waals surface area (Å²) in [5.74, 6) is 5.97. The van der Waals surface area contributed by atoms with Crippen molar-refractivity contribution < 1.29 is 0 Å². The van der Waals surface area contributed by atoms with Crippen molar-refractivity contribution in [2.24, 2.45) is 46.3 Å². The molecule has 192 valence electrons. The zero-order valence-corrected chi connectivity index (χ0v) is 23.4. The lowest BCUT2D eigenvalue weighted by molar-refractivity contribution is -0.118. The average Bonchev–Trinajstić information content (AvgIpc) is 3.15. The summed E-state index contributed by atoms with van der Waals surface area (Å²) in [6, 6.07) is 1.96. The van der Waals surface area contributed by atoms with Gasteiger partial charge in [0.15, 0.2) is 0 Å². The van der Waals surface area contributed by atoms with Crippen LogP contribution >= 0.6 is 0 Å². The number of nitrogens with one attached hydrogen (secondary N) is 2. The Morgan fingerprint density at radius 2 is 1.55 bits per heavy atom. The minimum atomic E-state index is 0.584. The Kier molecular flexibility index (Phi) is 8.27. The molecule has 0 heterocycles. The lowest BCUT2D eigenvalue weighted by Crippen LogP contribution is -2.56. The highest BCUT2D eigenvalue weighted by atomic mass is 15.0. The van der Waals surface area contributed by atoms with Gasteiger partial charge in [0.1, 0.15) is 0 Å². The fourth-order valence-corrected chi connectivity index (χ4v) is 10.0. The quantitative estimate of drug-likeness (QED) is 0.368. The van der Waals surface area contributed by atoms with Crippen LogP contribution in [-0.2, 0) is 0 Å². The van der Waals surface area contributed by atoms with Crippen molar-refractivity contribution in [3.8, 4) is 0 Å². The largest absolute Gasteiger partial charge is 0.313 e. The van der Waals surface area contributed by atoms with E-state index in [2.05, 4.69) is 59.1 Å². The predicted molar refractivity (Wildman–Crippen MR) is 143 cm³/mol. The van der Waals surface area contributed by atoms with Gasteiger partial charge in [0.05, 0.1) is 0 Å². The molecule has 0 aromatic heterocycles. The van der Waals surface area contributed by atoms with Gasteiger partial charge in [-0.3, -0.25) is 0 Å². The summed E-state index contributed by atoms with van der Waals surface area (Å²) >= 11 is 0. The predicted octanol–water partition coefficient (Wildman–Crippen LogP) is 7.82. The molecule has 0 aromatic rings. The summed E-state index contributed by atoms with van der Waals surface area (Å²) in [5, 5.41) is 7.74. The Bertz CT molecular complexity index is 632. The SMILES string of the molecule is CCCC(C)C1CCC2C3CCC4CC(NC(C)CNC(C)CC)CCC4(C)C3CCC12C. The molecule has 2 heteroatoms. The molecule has 0 amide bonds. The molecule has 0 aromatic carbocycles. The third-order valence-corrected chi connectivity index (χ3v) is 12.1. The van der Waals surface area contributed by atoms with Crippen LogP contribution in [0.25, 0.3) is 0 Å². The molecule has 4 aliphatic carbocycles. The lowest BCUT2D eigenvalue weighted by atomic mass is 9.44. The average molecular weight is 459 g/mol. The first kappa shape index (κ1) is 26.0. The standard InChI is InChI=1S/C31H58N2/c1-8-10-21(3)27-13-14-28-26-12-11-24-19-25(33-23(5)20-32-22(4)9-2)15-17-30(24,6)29(26)16-18-31(27,28)7/h21-29,32-33H,8-20H2,1-7H3. The Labute approximate surface area is 207 Å². The molecule has 33 heavy (non-hydrogen) atoms. The number of hydrogen-bond donors (Lipinski definition) is 2. The minimum absolute atomic E-state index is 0.584. The van der Waals surface area contributed by atoms with Gasteiger partial charge in [0, 0.05) is 24.7 Å². The fraction of sp³-hybridized carbons (Fsp3) is 1.00. The topological polar surface area (TPSA) is 24.1 Å². The van der Waals surface area contributed by atoms with Crippen molar-refractivity contribution in [3.05, 3.63) is 0 Å². The van der Waals surface area contributed by atoms with E-state index in [1.807, 2.05) is 0 Å². The zero-order chi connectivity index (χ0) is 23.8. The molecule has 11 unspecified atom stereocenters. The van der Waals surface area contributed by atoms with Crippen LogP contribution < -0.4 is 10.6 Å². The third-order valence-electron chi connectivity index (χ3n) is 12.1. The van der Waals surface area contributed by atoms with Gasteiger partial charge >= 0.3 is 0 Å². The van der Waals surface area contributed by atoms with E-state index >= 15 is 0 Å². The Morgan fingerprint density at radius 1 is 0.818 bits per heavy atom. The Hall–Kier alpha value is -0.0800. The Morgan fingerprint density at radius 3 is 2.27 bits per heavy atom. The van der Waals surface area contributed by atoms with E-state index in [0.29, 0.717) is 22.9 Å². The van der Waals surface area contributed by atoms with Gasteiger partial charge in [-0.25, -0.2) is 0 Å². The number of hydrogen-bond acceptors (Lipinski definition) is 2. The van der Waals surface area contributed by atoms with Gasteiger partial charge in [-0.15, -0.1) is 0 Å². The van der Waals surface area contributed by atoms with Crippen LogP contribution in [0.3, 0.4) is 0 Å². The normalized spacial score (nSPS) is 45.5. The summed E-state index contributed by atoms with van der Waals surface area (Å²) in [4.78, 5) is 0. The van der Waals surface area contributed by atoms with Crippen molar-refractivity contribution in [1.29, 1.82) is 0 Å². The van der Waals surface area contributed by atoms with Crippen LogP contribution in [0.2, 0.25) is 0 Å². The van der Waals surface area contributed by atoms with Crippen LogP contribution in [0, 0.1) is 46.3 Å². The highest BCUT2D eigenvalue weighted by Gasteiger charge is 2.60. The first-order chi connectivity index (χ1) is 15.7. The van der Waals surface area contributed by atoms with E-state index < -0.39 is 0 Å². The van der Waals surface area contributed by atoms with E-state index in [0.717, 1.165) is 48.1 Å². The lowest BCUT2D eigenvalue weighted by Gasteiger charge is -2.61. The molecule has 0 spiro atoms. The second kappa shape index (κ2) is 10.5. The van der Waals surface area contributed by atoms with Crippen LogP contribution in [0.1, 0.15) is 126 Å². The van der Waals surface area contributed by atoms with Gasteiger partial charge in [-0.1, -0.05) is 47.5 Å². The van der Waals surface area contributed by atoms with E-state index in [9.17, 15) is 0 Å². The minimum Gasteiger partial charge on any atom is -0.313 e. The third kappa shape index (κ3) is 4.96. The van der Waals surface area contributed by atoms with E-state index in [-0.39, 0.29) is 0 Å². The molecule has 4 aliphatic rings. The van der Waals surface area contributed by atoms with Crippen LogP contribution in [0.4, 0.5) is 0 Å². The van der Waals surface area contributed by atoms with Gasteiger partial charge in [-0.05, 0) is 124 Å². The first-order valence-corrected chi connectivity index (χ1v) is 15.2. The van der Waals surface area contributed by atoms with Crippen molar-refractivity contribution in [1.82, 2.24) is 10.6 Å². The molecule has 4 saturated carbocycles. The molecule has 4 rings (SSSR count). The van der Waals surface area contributed by atoms with Gasteiger partial charge < -0.3 is 10.6 Å². The molecule has 2 N–H and O–H groups in total. The monoisotopic (exact) mass is 458 g/mol. The molecule has 0 radical (unpaired) electrons. The molecule has 0 aliphatic heterocycles. The van der Waals surface area contributed by atoms with Gasteiger partial charge in [-0.2, -0.15) is 0 Å². The van der Waals surface area contributed by atoms with Crippen molar-refractivity contribution in [3.63, 3.8) is 0 Å². The van der Waals surface area contributed by atoms with Gasteiger partial charge in [0.2, 0.25) is 0 Å². The highest BCUT2D eigenvalue weighted by Crippen LogP contribution is 2.68. The summed E-state index contributed by atoms with van der Waals surface area (Å²) in [6.45, 7) is 18.5. The smallest absolute Gasteiger partial charge is 0.0166 e. The molecular formula is C31H58N2. The molecule has 11 atom stereocenters. The number of rotatable bonds is 9. The van der Waals surface area contributed by atoms with Crippen molar-refractivity contribution in [2.45, 2.75) is 144 Å². The first-order valence-electron chi connectivity index (χ1n) is 15.2. The molecule has 4 fully saturated rings. The molecule has 0 saturated heterocycles. The summed E-state index contributed by atoms with van der Waals surface area (Å²) in [7, 11) is 0. The van der Waals surface area contributed by atoms with Crippen molar-refractivity contribution >= 4 is 0 Å². The maximum atomic E-state index is 4.03. The fourth-order valence-electron chi connectivity index (χ4n) is 10.0. The van der Waals surface area contributed by atoms with E-state index in [1.54, 1.807) is 6.42 Å². The Balaban J connectivity index is 1.37. The summed E-state index contributed by atoms with van der Waals surface area (Å²) in [6.07, 6.45) is 17.5. The second-order valence-corrected chi connectivity index (χ2v) is 13.9. The molecule has 0 bridgehead atoms. The molecule has 2 nitrogen and oxygen atoms in total. The number of fused-ring (bicyclic) bond motifs is 5. The second-order valence-electron chi connectivity index (χ2n) is 13.9. The van der Waals surface area contributed by atoms with Crippen LogP contribution in [-0.4, -0.2) is 24.7 Å². The highest BCUT2D eigenvalue weighted by molar-refractivity contribution is 5.10. The summed E-state index contributed by atoms with van der Waals surface area (Å²) in [5.41, 5.74) is 1.27. The zero-order valence-electron chi connectivity index (χ0n) is 23.4. The van der Waals surface area contributed by atoms with E-state index in [1.165, 1.54) is 70.6 Å².